The van der Waals surface area contributed by atoms with Gasteiger partial charge >= 0.3 is 0 Å². The Hall–Kier alpha value is -0.0800. The molecule has 2 saturated heterocycles. The van der Waals surface area contributed by atoms with Crippen molar-refractivity contribution in [2.75, 3.05) is 13.2 Å². The Morgan fingerprint density at radius 2 is 1.39 bits per heavy atom. The Bertz CT molecular complexity index is 151. The van der Waals surface area contributed by atoms with Gasteiger partial charge in [-0.15, -0.1) is 0 Å². The number of rotatable bonds is 0. The second kappa shape index (κ2) is 10.8. The maximum absolute atomic E-state index is 5.56. The Morgan fingerprint density at radius 3 is 1.67 bits per heavy atom. The average molecular weight is 258 g/mol. The molecule has 2 aliphatic rings. The third-order valence-electron chi connectivity index (χ3n) is 3.32. The van der Waals surface area contributed by atoms with Crippen molar-refractivity contribution in [1.82, 2.24) is 0 Å². The largest absolute Gasteiger partial charge is 0.381 e. The number of hydrogen-bond acceptors (Lipinski definition) is 2. The lowest BCUT2D eigenvalue weighted by molar-refractivity contribution is -0.0485. The molecule has 3 unspecified atom stereocenters. The first-order chi connectivity index (χ1) is 8.58. The molecule has 0 aromatic rings. The van der Waals surface area contributed by atoms with Crippen LogP contribution in [0.4, 0.5) is 0 Å². The minimum atomic E-state index is 0.490. The van der Waals surface area contributed by atoms with Gasteiger partial charge in [-0.3, -0.25) is 0 Å². The van der Waals surface area contributed by atoms with Gasteiger partial charge in [0.05, 0.1) is 12.2 Å². The van der Waals surface area contributed by atoms with E-state index in [1.54, 1.807) is 0 Å². The van der Waals surface area contributed by atoms with Gasteiger partial charge in [-0.25, -0.2) is 0 Å². The summed E-state index contributed by atoms with van der Waals surface area (Å²) in [6.07, 6.45) is 6.09. The molecule has 2 fully saturated rings. The minimum absolute atomic E-state index is 0.490. The molecular formula is C16H34O2. The molecule has 0 N–H and O–H groups in total. The summed E-state index contributed by atoms with van der Waals surface area (Å²) in [4.78, 5) is 0. The summed E-state index contributed by atoms with van der Waals surface area (Å²) >= 11 is 0. The summed E-state index contributed by atoms with van der Waals surface area (Å²) in [6.45, 7) is 14.8. The van der Waals surface area contributed by atoms with Gasteiger partial charge in [0.15, 0.2) is 0 Å². The third-order valence-corrected chi connectivity index (χ3v) is 3.32. The molecule has 0 aromatic heterocycles. The summed E-state index contributed by atoms with van der Waals surface area (Å²) in [5, 5.41) is 0. The third kappa shape index (κ3) is 8.93. The maximum Gasteiger partial charge on any atom is 0.0553 e. The number of ether oxygens (including phenoxy) is 2. The summed E-state index contributed by atoms with van der Waals surface area (Å²) in [5.41, 5.74) is 0. The Kier molecular flexibility index (Phi) is 10.8. The lowest BCUT2D eigenvalue weighted by atomic mass is 9.95. The zero-order valence-corrected chi connectivity index (χ0v) is 13.4. The van der Waals surface area contributed by atoms with Crippen LogP contribution in [0, 0.1) is 11.8 Å². The standard InChI is InChI=1S/C8H16O.C6H12O.C2H6/c1-6-4-7(2)9-8(3)5-6;1-6-3-2-4-7-5-6;1-2/h6-8H,4-5H2,1-3H3;6H,2-5H2,1H3;1-2H3. The van der Waals surface area contributed by atoms with Gasteiger partial charge < -0.3 is 9.47 Å². The van der Waals surface area contributed by atoms with E-state index in [4.69, 9.17) is 9.47 Å². The first-order valence-corrected chi connectivity index (χ1v) is 7.81. The van der Waals surface area contributed by atoms with Crippen LogP contribution in [0.3, 0.4) is 0 Å². The molecule has 0 bridgehead atoms. The Labute approximate surface area is 114 Å². The van der Waals surface area contributed by atoms with Crippen LogP contribution in [0.5, 0.6) is 0 Å². The van der Waals surface area contributed by atoms with Crippen molar-refractivity contribution in [2.24, 2.45) is 11.8 Å². The monoisotopic (exact) mass is 258 g/mol. The van der Waals surface area contributed by atoms with Gasteiger partial charge in [-0.2, -0.15) is 0 Å². The second-order valence-corrected chi connectivity index (χ2v) is 5.66. The van der Waals surface area contributed by atoms with Gasteiger partial charge in [0.25, 0.3) is 0 Å². The molecule has 2 nitrogen and oxygen atoms in total. The van der Waals surface area contributed by atoms with E-state index in [1.807, 2.05) is 13.8 Å². The van der Waals surface area contributed by atoms with Crippen molar-refractivity contribution >= 4 is 0 Å². The first-order valence-electron chi connectivity index (χ1n) is 7.81. The van der Waals surface area contributed by atoms with Gasteiger partial charge in [0.2, 0.25) is 0 Å². The van der Waals surface area contributed by atoms with E-state index in [0.29, 0.717) is 12.2 Å². The fourth-order valence-corrected chi connectivity index (χ4v) is 2.64. The molecule has 0 aliphatic carbocycles. The van der Waals surface area contributed by atoms with Crippen molar-refractivity contribution in [2.45, 2.75) is 79.4 Å². The topological polar surface area (TPSA) is 18.5 Å². The van der Waals surface area contributed by atoms with Gasteiger partial charge in [-0.1, -0.05) is 27.7 Å². The molecule has 18 heavy (non-hydrogen) atoms. The smallest absolute Gasteiger partial charge is 0.0553 e. The van der Waals surface area contributed by atoms with Crippen molar-refractivity contribution < 1.29 is 9.47 Å². The first kappa shape index (κ1) is 17.9. The number of hydrogen-bond donors (Lipinski definition) is 0. The normalized spacial score (nSPS) is 35.7. The molecule has 3 atom stereocenters. The summed E-state index contributed by atoms with van der Waals surface area (Å²) < 4.78 is 10.7. The molecule has 0 saturated carbocycles. The van der Waals surface area contributed by atoms with Crippen LogP contribution in [-0.4, -0.2) is 25.4 Å². The van der Waals surface area contributed by atoms with E-state index in [-0.39, 0.29) is 0 Å². The zero-order chi connectivity index (χ0) is 14.0. The molecule has 0 spiro atoms. The fraction of sp³-hybridized carbons (Fsp3) is 1.00. The van der Waals surface area contributed by atoms with E-state index < -0.39 is 0 Å². The van der Waals surface area contributed by atoms with Crippen LogP contribution in [0.1, 0.15) is 67.2 Å². The molecule has 0 amide bonds. The SMILES string of the molecule is CC.CC1CC(C)OC(C)C1.CC1CCCOC1. The van der Waals surface area contributed by atoms with E-state index in [2.05, 4.69) is 27.7 Å². The highest BCUT2D eigenvalue weighted by atomic mass is 16.5. The molecule has 0 radical (unpaired) electrons. The van der Waals surface area contributed by atoms with Crippen LogP contribution in [0.15, 0.2) is 0 Å². The quantitative estimate of drug-likeness (QED) is 0.628. The van der Waals surface area contributed by atoms with Crippen molar-refractivity contribution in [3.63, 3.8) is 0 Å². The summed E-state index contributed by atoms with van der Waals surface area (Å²) in [5.74, 6) is 1.68. The Morgan fingerprint density at radius 1 is 0.833 bits per heavy atom. The minimum Gasteiger partial charge on any atom is -0.381 e. The van der Waals surface area contributed by atoms with Crippen molar-refractivity contribution in [3.05, 3.63) is 0 Å². The average Bonchev–Trinajstić information content (AvgIpc) is 2.31. The van der Waals surface area contributed by atoms with Crippen LogP contribution in [0.25, 0.3) is 0 Å². The molecule has 2 heteroatoms. The van der Waals surface area contributed by atoms with Crippen molar-refractivity contribution in [3.8, 4) is 0 Å². The van der Waals surface area contributed by atoms with E-state index in [1.165, 1.54) is 25.7 Å². The predicted octanol–water partition coefficient (Wildman–Crippen LogP) is 4.67. The van der Waals surface area contributed by atoms with E-state index in [0.717, 1.165) is 25.0 Å². The van der Waals surface area contributed by atoms with Crippen LogP contribution in [0.2, 0.25) is 0 Å². The van der Waals surface area contributed by atoms with Crippen molar-refractivity contribution in [1.29, 1.82) is 0 Å². The maximum atomic E-state index is 5.56. The van der Waals surface area contributed by atoms with Crippen LogP contribution in [-0.2, 0) is 9.47 Å². The molecule has 2 aliphatic heterocycles. The highest BCUT2D eigenvalue weighted by molar-refractivity contribution is 4.69. The van der Waals surface area contributed by atoms with Gasteiger partial charge in [0, 0.05) is 13.2 Å². The molecule has 2 rings (SSSR count). The lowest BCUT2D eigenvalue weighted by Gasteiger charge is -2.29. The fourth-order valence-electron chi connectivity index (χ4n) is 2.64. The predicted molar refractivity (Wildman–Crippen MR) is 79.0 cm³/mol. The van der Waals surface area contributed by atoms with E-state index in [9.17, 15) is 0 Å². The lowest BCUT2D eigenvalue weighted by Crippen LogP contribution is -2.27. The highest BCUT2D eigenvalue weighted by Gasteiger charge is 2.20. The van der Waals surface area contributed by atoms with E-state index >= 15 is 0 Å². The highest BCUT2D eigenvalue weighted by Crippen LogP contribution is 2.23. The second-order valence-electron chi connectivity index (χ2n) is 5.66. The molecule has 0 aromatic carbocycles. The molecule has 110 valence electrons. The van der Waals surface area contributed by atoms with Gasteiger partial charge in [-0.05, 0) is 51.4 Å². The van der Waals surface area contributed by atoms with Crippen LogP contribution < -0.4 is 0 Å². The molecule has 2 heterocycles. The van der Waals surface area contributed by atoms with Gasteiger partial charge in [0.1, 0.15) is 0 Å². The zero-order valence-electron chi connectivity index (χ0n) is 13.4. The summed E-state index contributed by atoms with van der Waals surface area (Å²) in [7, 11) is 0. The Balaban J connectivity index is 0.000000289. The molecular weight excluding hydrogens is 224 g/mol. The van der Waals surface area contributed by atoms with Crippen LogP contribution >= 0.6 is 0 Å². The summed E-state index contributed by atoms with van der Waals surface area (Å²) in [6, 6.07) is 0.